The largest absolute Gasteiger partial charge is 0.772 e. The monoisotopic (exact) mass is 229 g/mol. The first-order valence-corrected chi connectivity index (χ1v) is 5.68. The molecule has 0 saturated carbocycles. The van der Waals surface area contributed by atoms with Crippen molar-refractivity contribution >= 4 is 11.1 Å². The fraction of sp³-hybridized carbons (Fsp3) is 0.400. The summed E-state index contributed by atoms with van der Waals surface area (Å²) in [6, 6.07) is 5.38. The van der Waals surface area contributed by atoms with Gasteiger partial charge in [-0.3, -0.25) is 4.21 Å². The van der Waals surface area contributed by atoms with Crippen LogP contribution in [0.5, 0.6) is 11.5 Å². The minimum absolute atomic E-state index is 0.121. The quantitative estimate of drug-likeness (QED) is 0.710. The topological polar surface area (TPSA) is 58.6 Å². The average Bonchev–Trinajstić information content (AvgIpc) is 2.25. The first-order valence-electron chi connectivity index (χ1n) is 4.44. The number of rotatable bonds is 5. The van der Waals surface area contributed by atoms with Crippen molar-refractivity contribution in [3.8, 4) is 11.5 Å². The maximum absolute atomic E-state index is 10.4. The van der Waals surface area contributed by atoms with Crippen LogP contribution in [0.4, 0.5) is 0 Å². The van der Waals surface area contributed by atoms with E-state index < -0.39 is 11.1 Å². The van der Waals surface area contributed by atoms with Crippen LogP contribution in [0.3, 0.4) is 0 Å². The van der Waals surface area contributed by atoms with E-state index in [4.69, 9.17) is 9.47 Å². The van der Waals surface area contributed by atoms with Crippen LogP contribution in [0.15, 0.2) is 18.2 Å². The molecule has 4 nitrogen and oxygen atoms in total. The summed E-state index contributed by atoms with van der Waals surface area (Å²) in [6.45, 7) is 0. The summed E-state index contributed by atoms with van der Waals surface area (Å²) in [7, 11) is 3.11. The summed E-state index contributed by atoms with van der Waals surface area (Å²) in [6.07, 6.45) is 0.483. The van der Waals surface area contributed by atoms with E-state index in [1.807, 2.05) is 6.07 Å². The summed E-state index contributed by atoms with van der Waals surface area (Å²) < 4.78 is 31.0. The Morgan fingerprint density at radius 1 is 1.27 bits per heavy atom. The number of ether oxygens (including phenoxy) is 2. The molecule has 15 heavy (non-hydrogen) atoms. The Hall–Kier alpha value is -1.07. The molecule has 0 spiro atoms. The van der Waals surface area contributed by atoms with Gasteiger partial charge >= 0.3 is 0 Å². The van der Waals surface area contributed by atoms with Gasteiger partial charge in [-0.15, -0.1) is 0 Å². The molecule has 1 aromatic carbocycles. The number of hydrogen-bond acceptors (Lipinski definition) is 4. The first-order chi connectivity index (χ1) is 7.17. The van der Waals surface area contributed by atoms with Crippen molar-refractivity contribution in [1.82, 2.24) is 0 Å². The highest BCUT2D eigenvalue weighted by Gasteiger charge is 2.03. The van der Waals surface area contributed by atoms with Crippen LogP contribution in [-0.2, 0) is 17.5 Å². The van der Waals surface area contributed by atoms with Gasteiger partial charge in [-0.05, 0) is 24.1 Å². The zero-order valence-corrected chi connectivity index (χ0v) is 9.50. The number of benzene rings is 1. The molecule has 0 amide bonds. The third-order valence-corrected chi connectivity index (χ3v) is 2.54. The lowest BCUT2D eigenvalue weighted by Gasteiger charge is -2.10. The highest BCUT2D eigenvalue weighted by molar-refractivity contribution is 7.79. The summed E-state index contributed by atoms with van der Waals surface area (Å²) in [5.74, 6) is 1.38. The SMILES string of the molecule is COc1ccc(CCS(=O)[O-])cc1OC. The molecule has 0 heterocycles. The van der Waals surface area contributed by atoms with E-state index in [1.54, 1.807) is 26.4 Å². The van der Waals surface area contributed by atoms with Gasteiger partial charge in [0.05, 0.1) is 14.2 Å². The lowest BCUT2D eigenvalue weighted by molar-refractivity contribution is 0.354. The third-order valence-electron chi connectivity index (χ3n) is 2.01. The molecule has 1 atom stereocenters. The molecule has 1 aromatic rings. The van der Waals surface area contributed by atoms with Gasteiger partial charge in [0.25, 0.3) is 0 Å². The van der Waals surface area contributed by atoms with E-state index >= 15 is 0 Å². The van der Waals surface area contributed by atoms with E-state index in [9.17, 15) is 8.76 Å². The van der Waals surface area contributed by atoms with Gasteiger partial charge in [0.15, 0.2) is 11.5 Å². The predicted octanol–water partition coefficient (Wildman–Crippen LogP) is 1.13. The Bertz CT molecular complexity index is 351. The van der Waals surface area contributed by atoms with Gasteiger partial charge in [0.1, 0.15) is 0 Å². The Labute approximate surface area is 91.5 Å². The van der Waals surface area contributed by atoms with Gasteiger partial charge in [-0.2, -0.15) is 0 Å². The molecule has 0 fully saturated rings. The molecule has 0 aliphatic rings. The molecule has 84 valence electrons. The molecule has 0 saturated heterocycles. The molecule has 0 bridgehead atoms. The van der Waals surface area contributed by atoms with Crippen LogP contribution >= 0.6 is 0 Å². The molecule has 0 N–H and O–H groups in total. The molecule has 1 rings (SSSR count). The Morgan fingerprint density at radius 2 is 1.93 bits per heavy atom. The van der Waals surface area contributed by atoms with Gasteiger partial charge in [-0.25, -0.2) is 0 Å². The minimum Gasteiger partial charge on any atom is -0.772 e. The number of hydrogen-bond donors (Lipinski definition) is 0. The molecule has 0 aliphatic carbocycles. The maximum atomic E-state index is 10.4. The fourth-order valence-corrected chi connectivity index (χ4v) is 1.64. The molecule has 0 aromatic heterocycles. The summed E-state index contributed by atoms with van der Waals surface area (Å²) in [4.78, 5) is 0. The summed E-state index contributed by atoms with van der Waals surface area (Å²) >= 11 is -2.00. The smallest absolute Gasteiger partial charge is 0.160 e. The highest BCUT2D eigenvalue weighted by Crippen LogP contribution is 2.27. The molecule has 1 unspecified atom stereocenters. The van der Waals surface area contributed by atoms with E-state index in [2.05, 4.69) is 0 Å². The number of methoxy groups -OCH3 is 2. The van der Waals surface area contributed by atoms with Crippen LogP contribution in [-0.4, -0.2) is 28.7 Å². The summed E-state index contributed by atoms with van der Waals surface area (Å²) in [5.41, 5.74) is 0.914. The van der Waals surface area contributed by atoms with Crippen LogP contribution < -0.4 is 9.47 Å². The second-order valence-corrected chi connectivity index (χ2v) is 3.96. The fourth-order valence-electron chi connectivity index (χ4n) is 1.24. The van der Waals surface area contributed by atoms with Crippen LogP contribution in [0.25, 0.3) is 0 Å². The normalized spacial score (nSPS) is 12.2. The van der Waals surface area contributed by atoms with Crippen molar-refractivity contribution in [2.75, 3.05) is 20.0 Å². The molecule has 0 radical (unpaired) electrons. The van der Waals surface area contributed by atoms with Gasteiger partial charge < -0.3 is 14.0 Å². The molecule has 0 aliphatic heterocycles. The highest BCUT2D eigenvalue weighted by atomic mass is 32.2. The lowest BCUT2D eigenvalue weighted by Crippen LogP contribution is -2.00. The van der Waals surface area contributed by atoms with Crippen LogP contribution in [0.2, 0.25) is 0 Å². The minimum atomic E-state index is -2.00. The lowest BCUT2D eigenvalue weighted by atomic mass is 10.1. The van der Waals surface area contributed by atoms with Crippen molar-refractivity contribution < 1.29 is 18.2 Å². The van der Waals surface area contributed by atoms with E-state index in [0.717, 1.165) is 5.56 Å². The van der Waals surface area contributed by atoms with Crippen molar-refractivity contribution in [1.29, 1.82) is 0 Å². The van der Waals surface area contributed by atoms with Crippen molar-refractivity contribution in [2.24, 2.45) is 0 Å². The zero-order chi connectivity index (χ0) is 11.3. The van der Waals surface area contributed by atoms with Gasteiger partial charge in [-0.1, -0.05) is 17.1 Å². The zero-order valence-electron chi connectivity index (χ0n) is 8.69. The van der Waals surface area contributed by atoms with E-state index in [0.29, 0.717) is 17.9 Å². The molecular weight excluding hydrogens is 216 g/mol. The Morgan fingerprint density at radius 3 is 2.47 bits per heavy atom. The van der Waals surface area contributed by atoms with E-state index in [1.165, 1.54) is 0 Å². The van der Waals surface area contributed by atoms with Crippen molar-refractivity contribution in [2.45, 2.75) is 6.42 Å². The second-order valence-electron chi connectivity index (χ2n) is 2.95. The van der Waals surface area contributed by atoms with Crippen LogP contribution in [0, 0.1) is 0 Å². The average molecular weight is 229 g/mol. The van der Waals surface area contributed by atoms with Crippen molar-refractivity contribution in [3.63, 3.8) is 0 Å². The Kier molecular flexibility index (Phi) is 4.58. The van der Waals surface area contributed by atoms with E-state index in [-0.39, 0.29) is 5.75 Å². The van der Waals surface area contributed by atoms with Crippen molar-refractivity contribution in [3.05, 3.63) is 23.8 Å². The first kappa shape index (κ1) is 12.0. The summed E-state index contributed by atoms with van der Waals surface area (Å²) in [5, 5.41) is 0. The molecule has 5 heteroatoms. The predicted molar refractivity (Wildman–Crippen MR) is 57.0 cm³/mol. The van der Waals surface area contributed by atoms with Crippen LogP contribution in [0.1, 0.15) is 5.56 Å². The van der Waals surface area contributed by atoms with Gasteiger partial charge in [0, 0.05) is 5.75 Å². The second kappa shape index (κ2) is 5.72. The Balaban J connectivity index is 2.78. The molecular formula is C10H13O4S-. The number of aryl methyl sites for hydroxylation is 1. The van der Waals surface area contributed by atoms with Gasteiger partial charge in [0.2, 0.25) is 0 Å². The third kappa shape index (κ3) is 3.53. The standard InChI is InChI=1S/C10H14O4S/c1-13-9-4-3-8(5-6-15(11)12)7-10(9)14-2/h3-4,7H,5-6H2,1-2H3,(H,11,12)/p-1. The maximum Gasteiger partial charge on any atom is 0.160 e.